The Morgan fingerprint density at radius 1 is 1.38 bits per heavy atom. The molecule has 0 spiro atoms. The van der Waals surface area contributed by atoms with Crippen molar-refractivity contribution in [2.24, 2.45) is 0 Å². The topological polar surface area (TPSA) is 51.4 Å². The molecule has 2 N–H and O–H groups in total. The van der Waals surface area contributed by atoms with Crippen LogP contribution >= 0.6 is 11.3 Å². The predicted molar refractivity (Wildman–Crippen MR) is 67.6 cm³/mol. The van der Waals surface area contributed by atoms with Crippen LogP contribution in [0.5, 0.6) is 5.75 Å². The van der Waals surface area contributed by atoms with Gasteiger partial charge in [0.2, 0.25) is 0 Å². The molecule has 1 aromatic heterocycles. The number of nitrogens with zero attached hydrogens (tertiary/aromatic N) is 2. The number of para-hydroxylation sites is 2. The van der Waals surface area contributed by atoms with E-state index in [1.807, 2.05) is 36.2 Å². The van der Waals surface area contributed by atoms with Gasteiger partial charge in [-0.25, -0.2) is 4.98 Å². The number of ether oxygens (including phenoxy) is 1. The van der Waals surface area contributed by atoms with Gasteiger partial charge in [0.15, 0.2) is 5.13 Å². The Bertz CT molecular complexity index is 484. The first-order valence-electron chi connectivity index (χ1n) is 4.80. The number of benzene rings is 1. The van der Waals surface area contributed by atoms with Crippen LogP contribution in [0.15, 0.2) is 30.5 Å². The van der Waals surface area contributed by atoms with Gasteiger partial charge in [-0.1, -0.05) is 23.5 Å². The largest absolute Gasteiger partial charge is 0.495 e. The van der Waals surface area contributed by atoms with Gasteiger partial charge in [0.05, 0.1) is 19.0 Å². The number of rotatable bonds is 3. The van der Waals surface area contributed by atoms with Gasteiger partial charge in [-0.15, -0.1) is 0 Å². The zero-order valence-electron chi connectivity index (χ0n) is 9.18. The van der Waals surface area contributed by atoms with Crippen LogP contribution in [0, 0.1) is 0 Å². The average Bonchev–Trinajstić information content (AvgIpc) is 2.75. The highest BCUT2D eigenvalue weighted by Gasteiger charge is 2.11. The molecule has 0 unspecified atom stereocenters. The van der Waals surface area contributed by atoms with Crippen molar-refractivity contribution in [3.8, 4) is 5.75 Å². The van der Waals surface area contributed by atoms with Crippen molar-refractivity contribution in [3.05, 3.63) is 30.5 Å². The summed E-state index contributed by atoms with van der Waals surface area (Å²) in [4.78, 5) is 6.19. The summed E-state index contributed by atoms with van der Waals surface area (Å²) < 4.78 is 5.30. The SMILES string of the molecule is COc1ccccc1N(C)c1ncc(N)s1. The first-order chi connectivity index (χ1) is 7.72. The van der Waals surface area contributed by atoms with E-state index in [-0.39, 0.29) is 0 Å². The van der Waals surface area contributed by atoms with Gasteiger partial charge >= 0.3 is 0 Å². The van der Waals surface area contributed by atoms with Crippen molar-refractivity contribution >= 4 is 27.2 Å². The lowest BCUT2D eigenvalue weighted by atomic mass is 10.3. The molecule has 0 fully saturated rings. The van der Waals surface area contributed by atoms with E-state index in [2.05, 4.69) is 4.98 Å². The lowest BCUT2D eigenvalue weighted by molar-refractivity contribution is 0.415. The maximum atomic E-state index is 5.66. The Morgan fingerprint density at radius 3 is 2.75 bits per heavy atom. The maximum absolute atomic E-state index is 5.66. The molecule has 0 saturated heterocycles. The molecule has 1 heterocycles. The normalized spacial score (nSPS) is 10.1. The van der Waals surface area contributed by atoms with Gasteiger partial charge in [-0.3, -0.25) is 0 Å². The van der Waals surface area contributed by atoms with Gasteiger partial charge in [-0.05, 0) is 12.1 Å². The molecule has 0 aliphatic rings. The number of anilines is 3. The summed E-state index contributed by atoms with van der Waals surface area (Å²) in [7, 11) is 3.60. The first-order valence-corrected chi connectivity index (χ1v) is 5.62. The monoisotopic (exact) mass is 235 g/mol. The van der Waals surface area contributed by atoms with Gasteiger partial charge in [0.25, 0.3) is 0 Å². The van der Waals surface area contributed by atoms with Crippen molar-refractivity contribution in [3.63, 3.8) is 0 Å². The Morgan fingerprint density at radius 2 is 2.12 bits per heavy atom. The zero-order chi connectivity index (χ0) is 11.5. The third kappa shape index (κ3) is 1.94. The van der Waals surface area contributed by atoms with Crippen LogP contribution < -0.4 is 15.4 Å². The van der Waals surface area contributed by atoms with E-state index in [1.165, 1.54) is 11.3 Å². The number of hydrogen-bond donors (Lipinski definition) is 1. The van der Waals surface area contributed by atoms with Gasteiger partial charge < -0.3 is 15.4 Å². The molecule has 4 nitrogen and oxygen atoms in total. The van der Waals surface area contributed by atoms with E-state index in [4.69, 9.17) is 10.5 Å². The minimum Gasteiger partial charge on any atom is -0.495 e. The second-order valence-corrected chi connectivity index (χ2v) is 4.32. The summed E-state index contributed by atoms with van der Waals surface area (Å²) in [5.74, 6) is 0.818. The van der Waals surface area contributed by atoms with E-state index in [9.17, 15) is 0 Å². The smallest absolute Gasteiger partial charge is 0.191 e. The van der Waals surface area contributed by atoms with Crippen LogP contribution in [-0.4, -0.2) is 19.1 Å². The second kappa shape index (κ2) is 4.40. The lowest BCUT2D eigenvalue weighted by Crippen LogP contribution is -2.10. The van der Waals surface area contributed by atoms with Gasteiger partial charge in [0.1, 0.15) is 10.8 Å². The number of hydrogen-bond acceptors (Lipinski definition) is 5. The molecule has 16 heavy (non-hydrogen) atoms. The standard InChI is InChI=1S/C11H13N3OS/c1-14(11-13-7-10(12)16-11)8-5-3-4-6-9(8)15-2/h3-7H,12H2,1-2H3. The number of aromatic nitrogens is 1. The molecule has 0 aliphatic heterocycles. The molecule has 0 saturated carbocycles. The molecular weight excluding hydrogens is 222 g/mol. The summed E-state index contributed by atoms with van der Waals surface area (Å²) in [5.41, 5.74) is 6.63. The van der Waals surface area contributed by atoms with E-state index in [0.717, 1.165) is 16.6 Å². The fraction of sp³-hybridized carbons (Fsp3) is 0.182. The van der Waals surface area contributed by atoms with Crippen LogP contribution in [0.3, 0.4) is 0 Å². The van der Waals surface area contributed by atoms with Crippen LogP contribution in [0.4, 0.5) is 15.8 Å². The van der Waals surface area contributed by atoms with Crippen molar-refractivity contribution in [2.45, 2.75) is 0 Å². The third-order valence-electron chi connectivity index (χ3n) is 2.24. The quantitative estimate of drug-likeness (QED) is 0.888. The van der Waals surface area contributed by atoms with Crippen molar-refractivity contribution < 1.29 is 4.74 Å². The molecule has 0 bridgehead atoms. The number of methoxy groups -OCH3 is 1. The second-order valence-electron chi connectivity index (χ2n) is 3.28. The fourth-order valence-electron chi connectivity index (χ4n) is 1.44. The minimum absolute atomic E-state index is 0.705. The van der Waals surface area contributed by atoms with E-state index < -0.39 is 0 Å². The first kappa shape index (κ1) is 10.8. The Balaban J connectivity index is 2.36. The summed E-state index contributed by atoms with van der Waals surface area (Å²) in [6.45, 7) is 0. The van der Waals surface area contributed by atoms with Crippen LogP contribution in [0.25, 0.3) is 0 Å². The Kier molecular flexibility index (Phi) is 2.96. The highest BCUT2D eigenvalue weighted by atomic mass is 32.1. The van der Waals surface area contributed by atoms with Crippen molar-refractivity contribution in [1.29, 1.82) is 0 Å². The molecule has 0 atom stereocenters. The van der Waals surface area contributed by atoms with E-state index in [0.29, 0.717) is 5.00 Å². The molecule has 0 aliphatic carbocycles. The Hall–Kier alpha value is -1.75. The molecule has 0 amide bonds. The fourth-order valence-corrected chi connectivity index (χ4v) is 2.10. The third-order valence-corrected chi connectivity index (χ3v) is 3.15. The van der Waals surface area contributed by atoms with Crippen molar-refractivity contribution in [2.75, 3.05) is 24.8 Å². The summed E-state index contributed by atoms with van der Waals surface area (Å²) in [5, 5.41) is 1.55. The van der Waals surface area contributed by atoms with E-state index >= 15 is 0 Å². The summed E-state index contributed by atoms with van der Waals surface area (Å²) >= 11 is 1.45. The van der Waals surface area contributed by atoms with Crippen molar-refractivity contribution in [1.82, 2.24) is 4.98 Å². The molecule has 2 rings (SSSR count). The van der Waals surface area contributed by atoms with Crippen LogP contribution in [0.1, 0.15) is 0 Å². The van der Waals surface area contributed by atoms with Crippen LogP contribution in [-0.2, 0) is 0 Å². The molecule has 1 aromatic carbocycles. The highest BCUT2D eigenvalue weighted by molar-refractivity contribution is 7.19. The summed E-state index contributed by atoms with van der Waals surface area (Å²) in [6.07, 6.45) is 1.66. The average molecular weight is 235 g/mol. The number of nitrogen functional groups attached to an aromatic ring is 1. The highest BCUT2D eigenvalue weighted by Crippen LogP contribution is 2.34. The molecule has 84 valence electrons. The lowest BCUT2D eigenvalue weighted by Gasteiger charge is -2.18. The molecule has 2 aromatic rings. The zero-order valence-corrected chi connectivity index (χ0v) is 9.99. The van der Waals surface area contributed by atoms with Crippen LogP contribution in [0.2, 0.25) is 0 Å². The minimum atomic E-state index is 0.705. The number of nitrogens with two attached hydrogens (primary N) is 1. The number of thiazole rings is 1. The van der Waals surface area contributed by atoms with Gasteiger partial charge in [-0.2, -0.15) is 0 Å². The molecule has 0 radical (unpaired) electrons. The predicted octanol–water partition coefficient (Wildman–Crippen LogP) is 2.50. The van der Waals surface area contributed by atoms with E-state index in [1.54, 1.807) is 13.3 Å². The Labute approximate surface area is 98.3 Å². The molecular formula is C11H13N3OS. The van der Waals surface area contributed by atoms with Gasteiger partial charge in [0, 0.05) is 7.05 Å². The molecule has 5 heteroatoms. The summed E-state index contributed by atoms with van der Waals surface area (Å²) in [6, 6.07) is 7.80. The maximum Gasteiger partial charge on any atom is 0.191 e.